The maximum atomic E-state index is 11.7. The number of aromatic amines is 2. The number of fused-ring (bicyclic) bond motifs is 1. The van der Waals surface area contributed by atoms with Crippen LogP contribution in [0.1, 0.15) is 5.82 Å². The number of hydrogen-bond acceptors (Lipinski definition) is 7. The minimum absolute atomic E-state index is 0.111. The van der Waals surface area contributed by atoms with Gasteiger partial charge in [0, 0.05) is 0 Å². The van der Waals surface area contributed by atoms with Crippen LogP contribution in [0.3, 0.4) is 0 Å². The Morgan fingerprint density at radius 3 is 3.11 bits per heavy atom. The number of nitrogen functional groups attached to an aromatic ring is 1. The van der Waals surface area contributed by atoms with Gasteiger partial charge in [-0.05, 0) is 11.4 Å². The molecule has 0 bridgehead atoms. The topological polar surface area (TPSA) is 113 Å². The van der Waals surface area contributed by atoms with Gasteiger partial charge in [0.25, 0.3) is 5.56 Å². The first-order valence-electron chi connectivity index (χ1n) is 4.99. The van der Waals surface area contributed by atoms with Crippen LogP contribution in [0, 0.1) is 0 Å². The third kappa shape index (κ3) is 2.09. The van der Waals surface area contributed by atoms with E-state index in [9.17, 15) is 4.79 Å². The molecule has 0 atom stereocenters. The maximum Gasteiger partial charge on any atom is 0.268 e. The van der Waals surface area contributed by atoms with Crippen molar-refractivity contribution in [2.24, 2.45) is 0 Å². The molecule has 0 unspecified atom stereocenters. The van der Waals surface area contributed by atoms with Gasteiger partial charge in [0.15, 0.2) is 0 Å². The first-order valence-corrected chi connectivity index (χ1v) is 6.86. The Kier molecular flexibility index (Phi) is 2.76. The van der Waals surface area contributed by atoms with Crippen molar-refractivity contribution >= 4 is 39.3 Å². The van der Waals surface area contributed by atoms with E-state index in [0.29, 0.717) is 27.0 Å². The highest BCUT2D eigenvalue weighted by molar-refractivity contribution is 7.98. The minimum Gasteiger partial charge on any atom is -0.368 e. The minimum atomic E-state index is -0.111. The Bertz CT molecular complexity index is 745. The summed E-state index contributed by atoms with van der Waals surface area (Å²) in [6.45, 7) is 0. The molecule has 3 heterocycles. The van der Waals surface area contributed by atoms with Crippen molar-refractivity contribution in [1.82, 2.24) is 25.1 Å². The fourth-order valence-corrected chi connectivity index (χ4v) is 2.85. The normalized spacial score (nSPS) is 11.1. The monoisotopic (exact) mass is 280 g/mol. The number of anilines is 1. The van der Waals surface area contributed by atoms with Gasteiger partial charge in [-0.15, -0.1) is 16.4 Å². The number of thioether (sulfide) groups is 1. The summed E-state index contributed by atoms with van der Waals surface area (Å²) in [7, 11) is 0. The molecule has 0 radical (unpaired) electrons. The SMILES string of the molecule is Nc1nc(SCc2nc3ccsc3c(=O)[nH]2)n[nH]1. The zero-order valence-electron chi connectivity index (χ0n) is 9.01. The number of hydrogen-bond donors (Lipinski definition) is 3. The molecule has 0 aliphatic heterocycles. The number of aromatic nitrogens is 5. The van der Waals surface area contributed by atoms with E-state index in [4.69, 9.17) is 5.73 Å². The molecule has 0 fully saturated rings. The first kappa shape index (κ1) is 11.2. The summed E-state index contributed by atoms with van der Waals surface area (Å²) in [6.07, 6.45) is 0. The van der Waals surface area contributed by atoms with Gasteiger partial charge in [-0.3, -0.25) is 4.79 Å². The van der Waals surface area contributed by atoms with E-state index >= 15 is 0 Å². The van der Waals surface area contributed by atoms with Gasteiger partial charge in [0.05, 0.1) is 11.3 Å². The van der Waals surface area contributed by atoms with E-state index < -0.39 is 0 Å². The van der Waals surface area contributed by atoms with Crippen LogP contribution in [-0.2, 0) is 5.75 Å². The summed E-state index contributed by atoms with van der Waals surface area (Å²) >= 11 is 2.73. The van der Waals surface area contributed by atoms with Crippen LogP contribution in [0.4, 0.5) is 5.95 Å². The molecular weight excluding hydrogens is 272 g/mol. The highest BCUT2D eigenvalue weighted by Crippen LogP contribution is 2.19. The lowest BCUT2D eigenvalue weighted by atomic mass is 10.4. The largest absolute Gasteiger partial charge is 0.368 e. The summed E-state index contributed by atoms with van der Waals surface area (Å²) in [5.74, 6) is 1.35. The van der Waals surface area contributed by atoms with Gasteiger partial charge in [-0.2, -0.15) is 4.98 Å². The van der Waals surface area contributed by atoms with E-state index in [0.717, 1.165) is 0 Å². The molecule has 18 heavy (non-hydrogen) atoms. The van der Waals surface area contributed by atoms with Crippen molar-refractivity contribution in [1.29, 1.82) is 0 Å². The van der Waals surface area contributed by atoms with E-state index in [1.807, 2.05) is 11.4 Å². The van der Waals surface area contributed by atoms with Crippen molar-refractivity contribution in [3.05, 3.63) is 27.6 Å². The van der Waals surface area contributed by atoms with E-state index in [1.54, 1.807) is 0 Å². The number of rotatable bonds is 3. The van der Waals surface area contributed by atoms with Crippen LogP contribution in [0.25, 0.3) is 10.2 Å². The Labute approximate surface area is 109 Å². The first-order chi connectivity index (χ1) is 8.72. The highest BCUT2D eigenvalue weighted by Gasteiger charge is 2.07. The molecule has 9 heteroatoms. The Morgan fingerprint density at radius 2 is 2.33 bits per heavy atom. The molecule has 3 rings (SSSR count). The quantitative estimate of drug-likeness (QED) is 0.616. The third-order valence-electron chi connectivity index (χ3n) is 2.18. The van der Waals surface area contributed by atoms with Crippen molar-refractivity contribution in [3.8, 4) is 0 Å². The Morgan fingerprint density at radius 1 is 1.44 bits per heavy atom. The molecule has 4 N–H and O–H groups in total. The molecule has 0 saturated heterocycles. The second-order valence-electron chi connectivity index (χ2n) is 3.44. The molecule has 0 aliphatic rings. The van der Waals surface area contributed by atoms with Gasteiger partial charge < -0.3 is 10.7 Å². The molecule has 3 aromatic heterocycles. The predicted octanol–water partition coefficient (Wildman–Crippen LogP) is 0.977. The molecule has 92 valence electrons. The summed E-state index contributed by atoms with van der Waals surface area (Å²) in [4.78, 5) is 22.8. The summed E-state index contributed by atoms with van der Waals surface area (Å²) in [5, 5.41) is 8.81. The standard InChI is InChI=1S/C9H8N6OS2/c10-8-13-9(15-14-8)18-3-5-11-4-1-2-17-6(4)7(16)12-5/h1-2H,3H2,(H,11,12,16)(H3,10,13,14,15). The average molecular weight is 280 g/mol. The Hall–Kier alpha value is -1.87. The molecule has 7 nitrogen and oxygen atoms in total. The van der Waals surface area contributed by atoms with Crippen LogP contribution < -0.4 is 11.3 Å². The summed E-state index contributed by atoms with van der Waals surface area (Å²) < 4.78 is 0.644. The van der Waals surface area contributed by atoms with E-state index in [-0.39, 0.29) is 11.5 Å². The van der Waals surface area contributed by atoms with Crippen LogP contribution in [0.2, 0.25) is 0 Å². The van der Waals surface area contributed by atoms with Crippen molar-refractivity contribution in [2.45, 2.75) is 10.9 Å². The average Bonchev–Trinajstić information content (AvgIpc) is 2.95. The molecule has 0 spiro atoms. The number of thiophene rings is 1. The van der Waals surface area contributed by atoms with Gasteiger partial charge in [0.1, 0.15) is 10.5 Å². The zero-order valence-corrected chi connectivity index (χ0v) is 10.6. The van der Waals surface area contributed by atoms with Gasteiger partial charge in [-0.1, -0.05) is 11.8 Å². The number of nitrogens with two attached hydrogens (primary N) is 1. The zero-order chi connectivity index (χ0) is 12.5. The van der Waals surface area contributed by atoms with Gasteiger partial charge >= 0.3 is 0 Å². The predicted molar refractivity (Wildman–Crippen MR) is 70.6 cm³/mol. The van der Waals surface area contributed by atoms with Crippen LogP contribution >= 0.6 is 23.1 Å². The van der Waals surface area contributed by atoms with Crippen LogP contribution in [0.5, 0.6) is 0 Å². The van der Waals surface area contributed by atoms with Crippen LogP contribution in [-0.4, -0.2) is 25.1 Å². The second-order valence-corrected chi connectivity index (χ2v) is 5.30. The third-order valence-corrected chi connectivity index (χ3v) is 3.95. The maximum absolute atomic E-state index is 11.7. The lowest BCUT2D eigenvalue weighted by molar-refractivity contribution is 0.966. The van der Waals surface area contributed by atoms with E-state index in [1.165, 1.54) is 23.1 Å². The van der Waals surface area contributed by atoms with Crippen molar-refractivity contribution in [3.63, 3.8) is 0 Å². The number of nitrogens with one attached hydrogen (secondary N) is 2. The smallest absolute Gasteiger partial charge is 0.268 e. The molecule has 0 amide bonds. The molecule has 0 aliphatic carbocycles. The van der Waals surface area contributed by atoms with Gasteiger partial charge in [-0.25, -0.2) is 10.1 Å². The number of nitrogens with zero attached hydrogens (tertiary/aromatic N) is 3. The fourth-order valence-electron chi connectivity index (χ4n) is 1.45. The molecule has 3 aromatic rings. The second kappa shape index (κ2) is 4.42. The Balaban J connectivity index is 1.84. The molecular formula is C9H8N6OS2. The van der Waals surface area contributed by atoms with E-state index in [2.05, 4.69) is 25.1 Å². The lowest BCUT2D eigenvalue weighted by Crippen LogP contribution is -2.09. The molecule has 0 saturated carbocycles. The van der Waals surface area contributed by atoms with Crippen molar-refractivity contribution in [2.75, 3.05) is 5.73 Å². The van der Waals surface area contributed by atoms with Crippen LogP contribution in [0.15, 0.2) is 21.4 Å². The molecule has 0 aromatic carbocycles. The summed E-state index contributed by atoms with van der Waals surface area (Å²) in [5.41, 5.74) is 6.02. The fraction of sp³-hybridized carbons (Fsp3) is 0.111. The number of H-pyrrole nitrogens is 2. The van der Waals surface area contributed by atoms with Crippen molar-refractivity contribution < 1.29 is 0 Å². The lowest BCUT2D eigenvalue weighted by Gasteiger charge is -1.98. The summed E-state index contributed by atoms with van der Waals surface area (Å²) in [6, 6.07) is 1.83. The highest BCUT2D eigenvalue weighted by atomic mass is 32.2. The van der Waals surface area contributed by atoms with Gasteiger partial charge in [0.2, 0.25) is 11.1 Å².